The second-order valence-electron chi connectivity index (χ2n) is 21.2. The number of imidazole rings is 1. The van der Waals surface area contributed by atoms with Crippen molar-refractivity contribution in [2.45, 2.75) is 33.1 Å². The van der Waals surface area contributed by atoms with Crippen LogP contribution in [0.25, 0.3) is 111 Å². The summed E-state index contributed by atoms with van der Waals surface area (Å²) in [7, 11) is 0. The topological polar surface area (TPSA) is 41.3 Å². The van der Waals surface area contributed by atoms with Crippen molar-refractivity contribution in [3.05, 3.63) is 264 Å². The van der Waals surface area contributed by atoms with Gasteiger partial charge < -0.3 is 0 Å². The van der Waals surface area contributed by atoms with Gasteiger partial charge in [-0.3, -0.25) is 0 Å². The Morgan fingerprint density at radius 3 is 1.59 bits per heavy atom. The zero-order valence-electron chi connectivity index (χ0n) is 43.6. The molecular weight excluding hydrogens is 1130 g/mol. The van der Waals surface area contributed by atoms with E-state index in [1.807, 2.05) is 6.20 Å². The van der Waals surface area contributed by atoms with Crippen molar-refractivity contribution in [2.24, 2.45) is 0 Å². The molecule has 14 aromatic rings. The van der Waals surface area contributed by atoms with E-state index in [0.717, 1.165) is 126 Å². The number of aryl methyl sites for hydroxylation is 1. The summed E-state index contributed by atoms with van der Waals surface area (Å²) >= 11 is 2.57. The summed E-state index contributed by atoms with van der Waals surface area (Å²) in [6.07, 6.45) is 2.02. The van der Waals surface area contributed by atoms with E-state index in [-0.39, 0.29) is 5.41 Å². The molecule has 0 unspecified atom stereocenters. The monoisotopic (exact) mass is 1190 g/mol. The SMILES string of the molecule is Cc1cc(-n2c3ccccc3c3ccc(Oc4ccc5c(c4)n4[c](=[Pt])n(-c6c(-c7ccccc7)cccc6-c6ccccc6)c6cccc(c7ccccc7n5-c5ccccc5)c64)cc32)ncc1-c1ccc(C(C)(C)C)cc1. The van der Waals surface area contributed by atoms with Gasteiger partial charge in [-0.05, 0) is 29.0 Å². The van der Waals surface area contributed by atoms with Crippen LogP contribution in [0.15, 0.2) is 249 Å². The molecule has 0 N–H and O–H groups in total. The summed E-state index contributed by atoms with van der Waals surface area (Å²) < 4.78 is 17.8. The third-order valence-corrected chi connectivity index (χ3v) is 16.4. The fourth-order valence-corrected chi connectivity index (χ4v) is 12.7. The first-order valence-electron chi connectivity index (χ1n) is 26.5. The van der Waals surface area contributed by atoms with Gasteiger partial charge in [-0.1, -0.05) is 57.2 Å². The zero-order chi connectivity index (χ0) is 52.6. The van der Waals surface area contributed by atoms with Gasteiger partial charge in [0.15, 0.2) is 0 Å². The Balaban J connectivity index is 1.01. The van der Waals surface area contributed by atoms with Gasteiger partial charge in [-0.2, -0.15) is 0 Å². The Morgan fingerprint density at radius 1 is 0.410 bits per heavy atom. The standard InChI is InChI=1S/C71H53N5O.Pt/c1-47-42-68(72-45-61(47)50-34-36-51(37-35-50)71(2,3)4)76-63-32-17-14-26-57(63)59-40-38-53(43-66(59)76)77-54-39-41-64-67(44-54)74-46-73(69-55(48-20-8-5-9-21-48)28-18-29-56(69)49-22-10-6-11-23-49)65-33-19-30-60(70(65)74)58-27-15-16-31-62(58)75(64)52-24-12-7-13-25-52;/h5-45H,1-4H3;. The number of rotatable bonds is 8. The smallest absolute Gasteiger partial charge is 0.0579 e. The molecule has 0 bridgehead atoms. The summed E-state index contributed by atoms with van der Waals surface area (Å²) in [4.78, 5) is 5.18. The minimum atomic E-state index is 0.0809. The Bertz CT molecular complexity index is 4690. The van der Waals surface area contributed by atoms with Crippen LogP contribution < -0.4 is 4.74 Å². The predicted octanol–water partition coefficient (Wildman–Crippen LogP) is 18.5. The molecule has 0 saturated carbocycles. The van der Waals surface area contributed by atoms with Crippen LogP contribution in [0.2, 0.25) is 0 Å². The van der Waals surface area contributed by atoms with Crippen LogP contribution >= 0.6 is 0 Å². The van der Waals surface area contributed by atoms with Crippen LogP contribution in [0, 0.1) is 10.7 Å². The fourth-order valence-electron chi connectivity index (χ4n) is 11.7. The van der Waals surface area contributed by atoms with Crippen molar-refractivity contribution in [3.8, 4) is 62.1 Å². The Morgan fingerprint density at radius 2 is 0.936 bits per heavy atom. The van der Waals surface area contributed by atoms with Crippen molar-refractivity contribution in [1.82, 2.24) is 23.1 Å². The summed E-state index contributed by atoms with van der Waals surface area (Å²) in [6, 6.07) is 87.2. The maximum atomic E-state index is 7.15. The summed E-state index contributed by atoms with van der Waals surface area (Å²) in [6.45, 7) is 8.94. The van der Waals surface area contributed by atoms with E-state index in [1.165, 1.54) is 5.56 Å². The van der Waals surface area contributed by atoms with E-state index in [4.69, 9.17) is 9.72 Å². The summed E-state index contributed by atoms with van der Waals surface area (Å²) in [5.74, 6) is 2.29. The van der Waals surface area contributed by atoms with Crippen LogP contribution in [0.3, 0.4) is 0 Å². The molecule has 10 aromatic carbocycles. The normalized spacial score (nSPS) is 11.9. The molecule has 7 heteroatoms. The molecule has 0 amide bonds. The van der Waals surface area contributed by atoms with E-state index >= 15 is 0 Å². The minimum Gasteiger partial charge on any atom is -0.0579 e. The van der Waals surface area contributed by atoms with Crippen LogP contribution in [0.1, 0.15) is 31.9 Å². The number of fused-ring (bicyclic) bond motifs is 7. The molecule has 0 spiro atoms. The molecule has 4 heterocycles. The summed E-state index contributed by atoms with van der Waals surface area (Å²) in [5.41, 5.74) is 19.0. The van der Waals surface area contributed by atoms with E-state index in [2.05, 4.69) is 308 Å². The number of ether oxygens (including phenoxy) is 1. The van der Waals surface area contributed by atoms with Crippen LogP contribution in [-0.2, 0) is 24.8 Å². The van der Waals surface area contributed by atoms with Gasteiger partial charge >= 0.3 is 368 Å². The minimum absolute atomic E-state index is 0.0809. The first-order chi connectivity index (χ1) is 38.2. The molecule has 0 aliphatic carbocycles. The quantitative estimate of drug-likeness (QED) is 0.152. The number of hydrogen-bond donors (Lipinski definition) is 0. The number of pyridine rings is 1. The number of para-hydroxylation sites is 5. The number of benzene rings is 10. The third kappa shape index (κ3) is 7.89. The van der Waals surface area contributed by atoms with Gasteiger partial charge in [-0.15, -0.1) is 0 Å². The van der Waals surface area contributed by atoms with Gasteiger partial charge in [0.25, 0.3) is 0 Å². The molecule has 78 heavy (non-hydrogen) atoms. The van der Waals surface area contributed by atoms with Crippen LogP contribution in [0.4, 0.5) is 0 Å². The number of aromatic nitrogens is 5. The van der Waals surface area contributed by atoms with Gasteiger partial charge in [0.1, 0.15) is 0 Å². The average Bonchev–Trinajstić information content (AvgIpc) is 4.16. The van der Waals surface area contributed by atoms with E-state index < -0.39 is 0 Å². The molecule has 0 aliphatic heterocycles. The van der Waals surface area contributed by atoms with Gasteiger partial charge in [0.2, 0.25) is 0 Å². The number of hydrogen-bond acceptors (Lipinski definition) is 2. The zero-order valence-corrected chi connectivity index (χ0v) is 45.9. The molecule has 0 saturated heterocycles. The molecule has 6 nitrogen and oxygen atoms in total. The first kappa shape index (κ1) is 47.4. The van der Waals surface area contributed by atoms with Crippen LogP contribution in [0.5, 0.6) is 11.5 Å². The van der Waals surface area contributed by atoms with E-state index in [1.54, 1.807) is 0 Å². The molecule has 0 fully saturated rings. The molecule has 4 aromatic heterocycles. The molecule has 0 atom stereocenters. The molecule has 378 valence electrons. The molecule has 0 aliphatic rings. The van der Waals surface area contributed by atoms with Crippen molar-refractivity contribution in [2.75, 3.05) is 0 Å². The molecular formula is C71H53N5OPt. The predicted molar refractivity (Wildman–Crippen MR) is 319 cm³/mol. The molecule has 0 radical (unpaired) electrons. The fraction of sp³-hybridized carbons (Fsp3) is 0.0704. The van der Waals surface area contributed by atoms with Gasteiger partial charge in [-0.25, -0.2) is 0 Å². The molecule has 14 rings (SSSR count). The van der Waals surface area contributed by atoms with Crippen molar-refractivity contribution in [1.29, 1.82) is 0 Å². The second-order valence-corrected chi connectivity index (χ2v) is 22.2. The third-order valence-electron chi connectivity index (χ3n) is 15.4. The van der Waals surface area contributed by atoms with Gasteiger partial charge in [0, 0.05) is 11.8 Å². The van der Waals surface area contributed by atoms with Crippen LogP contribution in [-0.4, -0.2) is 23.1 Å². The summed E-state index contributed by atoms with van der Waals surface area (Å²) in [5, 5.41) is 4.55. The van der Waals surface area contributed by atoms with Crippen molar-refractivity contribution < 1.29 is 24.1 Å². The van der Waals surface area contributed by atoms with E-state index in [0.29, 0.717) is 5.75 Å². The second kappa shape index (κ2) is 18.9. The maximum absolute atomic E-state index is 7.15. The van der Waals surface area contributed by atoms with E-state index in [9.17, 15) is 0 Å². The first-order valence-corrected chi connectivity index (χ1v) is 27.7. The number of nitrogens with zero attached hydrogens (tertiary/aromatic N) is 5. The Hall–Kier alpha value is -9.09. The van der Waals surface area contributed by atoms with Gasteiger partial charge in [0.05, 0.1) is 0 Å². The van der Waals surface area contributed by atoms with Crippen molar-refractivity contribution >= 4 is 60.2 Å². The van der Waals surface area contributed by atoms with Crippen molar-refractivity contribution in [3.63, 3.8) is 0 Å². The Kier molecular flexibility index (Phi) is 11.5. The Labute approximate surface area is 463 Å². The average molecular weight is 1190 g/mol.